The summed E-state index contributed by atoms with van der Waals surface area (Å²) in [4.78, 5) is 26.8. The SMILES string of the molecule is CCCC(=O)N(Cc1cccc(Cl)c1)[C@H](C)C(=O)NC1CCCC1. The molecule has 0 heterocycles. The fourth-order valence-electron chi connectivity index (χ4n) is 3.16. The average Bonchev–Trinajstić information content (AvgIpc) is 3.05. The molecule has 2 amide bonds. The number of hydrogen-bond acceptors (Lipinski definition) is 2. The molecular formula is C19H27ClN2O2. The smallest absolute Gasteiger partial charge is 0.242 e. The number of hydrogen-bond donors (Lipinski definition) is 1. The number of benzene rings is 1. The largest absolute Gasteiger partial charge is 0.352 e. The molecule has 1 aromatic rings. The molecule has 24 heavy (non-hydrogen) atoms. The molecule has 0 unspecified atom stereocenters. The van der Waals surface area contributed by atoms with Crippen LogP contribution in [0.2, 0.25) is 5.02 Å². The van der Waals surface area contributed by atoms with Crippen LogP contribution in [0.25, 0.3) is 0 Å². The fraction of sp³-hybridized carbons (Fsp3) is 0.579. The third-order valence-corrected chi connectivity index (χ3v) is 4.81. The summed E-state index contributed by atoms with van der Waals surface area (Å²) < 4.78 is 0. The quantitative estimate of drug-likeness (QED) is 0.810. The summed E-state index contributed by atoms with van der Waals surface area (Å²) in [7, 11) is 0. The van der Waals surface area contributed by atoms with Gasteiger partial charge in [-0.2, -0.15) is 0 Å². The lowest BCUT2D eigenvalue weighted by molar-refractivity contribution is -0.140. The van der Waals surface area contributed by atoms with E-state index in [0.717, 1.165) is 24.8 Å². The Labute approximate surface area is 149 Å². The number of amides is 2. The van der Waals surface area contributed by atoms with E-state index in [4.69, 9.17) is 11.6 Å². The van der Waals surface area contributed by atoms with Crippen molar-refractivity contribution in [2.24, 2.45) is 0 Å². The van der Waals surface area contributed by atoms with Gasteiger partial charge in [-0.1, -0.05) is 43.5 Å². The molecule has 4 nitrogen and oxygen atoms in total. The maximum atomic E-state index is 12.6. The van der Waals surface area contributed by atoms with Gasteiger partial charge in [0.25, 0.3) is 0 Å². The zero-order valence-electron chi connectivity index (χ0n) is 14.6. The number of nitrogens with one attached hydrogen (secondary N) is 1. The first-order valence-corrected chi connectivity index (χ1v) is 9.23. The maximum absolute atomic E-state index is 12.6. The summed E-state index contributed by atoms with van der Waals surface area (Å²) in [6.45, 7) is 4.18. The molecule has 0 bridgehead atoms. The molecule has 1 aromatic carbocycles. The van der Waals surface area contributed by atoms with E-state index in [1.165, 1.54) is 12.8 Å². The van der Waals surface area contributed by atoms with E-state index in [1.807, 2.05) is 32.0 Å². The lowest BCUT2D eigenvalue weighted by Crippen LogP contribution is -2.49. The monoisotopic (exact) mass is 350 g/mol. The Morgan fingerprint density at radius 1 is 1.33 bits per heavy atom. The number of carbonyl (C=O) groups is 2. The van der Waals surface area contributed by atoms with Gasteiger partial charge in [0, 0.05) is 24.0 Å². The predicted molar refractivity (Wildman–Crippen MR) is 96.8 cm³/mol. The lowest BCUT2D eigenvalue weighted by atomic mass is 10.1. The second kappa shape index (κ2) is 9.07. The number of rotatable bonds is 7. The van der Waals surface area contributed by atoms with E-state index in [0.29, 0.717) is 18.0 Å². The maximum Gasteiger partial charge on any atom is 0.242 e. The Kier molecular flexibility index (Phi) is 7.10. The Morgan fingerprint density at radius 2 is 2.04 bits per heavy atom. The first kappa shape index (κ1) is 18.8. The zero-order valence-corrected chi connectivity index (χ0v) is 15.3. The molecule has 1 fully saturated rings. The standard InChI is InChI=1S/C19H27ClN2O2/c1-3-7-18(23)22(13-15-8-6-9-16(20)12-15)14(2)19(24)21-17-10-4-5-11-17/h6,8-9,12,14,17H,3-5,7,10-11,13H2,1-2H3,(H,21,24)/t14-/m1/s1. The van der Waals surface area contributed by atoms with Crippen molar-refractivity contribution < 1.29 is 9.59 Å². The first-order valence-electron chi connectivity index (χ1n) is 8.85. The Hall–Kier alpha value is -1.55. The highest BCUT2D eigenvalue weighted by Gasteiger charge is 2.27. The van der Waals surface area contributed by atoms with Crippen LogP contribution >= 0.6 is 11.6 Å². The Balaban J connectivity index is 2.08. The summed E-state index contributed by atoms with van der Waals surface area (Å²) in [6.07, 6.45) is 5.62. The van der Waals surface area contributed by atoms with Crippen LogP contribution in [0.15, 0.2) is 24.3 Å². The molecule has 1 aliphatic rings. The van der Waals surface area contributed by atoms with Crippen molar-refractivity contribution in [3.8, 4) is 0 Å². The Bertz CT molecular complexity index is 570. The molecule has 0 radical (unpaired) electrons. The van der Waals surface area contributed by atoms with Crippen molar-refractivity contribution >= 4 is 23.4 Å². The molecule has 2 rings (SSSR count). The van der Waals surface area contributed by atoms with Crippen LogP contribution in [0, 0.1) is 0 Å². The molecule has 0 aromatic heterocycles. The van der Waals surface area contributed by atoms with Gasteiger partial charge < -0.3 is 10.2 Å². The molecule has 1 atom stereocenters. The second-order valence-electron chi connectivity index (χ2n) is 6.57. The summed E-state index contributed by atoms with van der Waals surface area (Å²) in [5.74, 6) is -0.0556. The van der Waals surface area contributed by atoms with Crippen molar-refractivity contribution in [1.29, 1.82) is 0 Å². The minimum atomic E-state index is -0.483. The van der Waals surface area contributed by atoms with Gasteiger partial charge in [-0.25, -0.2) is 0 Å². The molecule has 132 valence electrons. The second-order valence-corrected chi connectivity index (χ2v) is 7.00. The predicted octanol–water partition coefficient (Wildman–Crippen LogP) is 3.92. The van der Waals surface area contributed by atoms with E-state index in [1.54, 1.807) is 11.0 Å². The van der Waals surface area contributed by atoms with E-state index < -0.39 is 6.04 Å². The summed E-state index contributed by atoms with van der Waals surface area (Å²) in [5, 5.41) is 3.73. The average molecular weight is 351 g/mol. The Morgan fingerprint density at radius 3 is 2.67 bits per heavy atom. The van der Waals surface area contributed by atoms with Gasteiger partial charge in [0.05, 0.1) is 0 Å². The molecule has 0 saturated heterocycles. The zero-order chi connectivity index (χ0) is 17.5. The van der Waals surface area contributed by atoms with Crippen LogP contribution in [-0.4, -0.2) is 28.8 Å². The van der Waals surface area contributed by atoms with Crippen LogP contribution in [0.1, 0.15) is 57.9 Å². The minimum Gasteiger partial charge on any atom is -0.352 e. The van der Waals surface area contributed by atoms with Gasteiger partial charge in [-0.05, 0) is 43.9 Å². The van der Waals surface area contributed by atoms with Gasteiger partial charge in [0.1, 0.15) is 6.04 Å². The van der Waals surface area contributed by atoms with Crippen molar-refractivity contribution in [1.82, 2.24) is 10.2 Å². The van der Waals surface area contributed by atoms with Gasteiger partial charge >= 0.3 is 0 Å². The number of nitrogens with zero attached hydrogens (tertiary/aromatic N) is 1. The highest BCUT2D eigenvalue weighted by molar-refractivity contribution is 6.30. The molecule has 1 aliphatic carbocycles. The number of halogens is 1. The van der Waals surface area contributed by atoms with Crippen LogP contribution in [0.4, 0.5) is 0 Å². The van der Waals surface area contributed by atoms with E-state index in [2.05, 4.69) is 5.32 Å². The summed E-state index contributed by atoms with van der Waals surface area (Å²) in [5.41, 5.74) is 0.937. The van der Waals surface area contributed by atoms with E-state index in [9.17, 15) is 9.59 Å². The van der Waals surface area contributed by atoms with Crippen molar-refractivity contribution in [2.75, 3.05) is 0 Å². The molecular weight excluding hydrogens is 324 g/mol. The third-order valence-electron chi connectivity index (χ3n) is 4.57. The van der Waals surface area contributed by atoms with Crippen LogP contribution < -0.4 is 5.32 Å². The number of carbonyl (C=O) groups excluding carboxylic acids is 2. The van der Waals surface area contributed by atoms with Crippen molar-refractivity contribution in [3.63, 3.8) is 0 Å². The van der Waals surface area contributed by atoms with Crippen LogP contribution in [0.5, 0.6) is 0 Å². The molecule has 1 saturated carbocycles. The minimum absolute atomic E-state index is 0.00606. The van der Waals surface area contributed by atoms with Gasteiger partial charge in [0.15, 0.2) is 0 Å². The van der Waals surface area contributed by atoms with E-state index >= 15 is 0 Å². The van der Waals surface area contributed by atoms with Crippen LogP contribution in [0.3, 0.4) is 0 Å². The highest BCUT2D eigenvalue weighted by atomic mass is 35.5. The van der Waals surface area contributed by atoms with Crippen molar-refractivity contribution in [2.45, 2.75) is 71.0 Å². The molecule has 5 heteroatoms. The first-order chi connectivity index (χ1) is 11.5. The van der Waals surface area contributed by atoms with Gasteiger partial charge in [-0.3, -0.25) is 9.59 Å². The van der Waals surface area contributed by atoms with Gasteiger partial charge in [-0.15, -0.1) is 0 Å². The lowest BCUT2D eigenvalue weighted by Gasteiger charge is -2.29. The molecule has 0 spiro atoms. The van der Waals surface area contributed by atoms with Gasteiger partial charge in [0.2, 0.25) is 11.8 Å². The molecule has 0 aliphatic heterocycles. The fourth-order valence-corrected chi connectivity index (χ4v) is 3.38. The third kappa shape index (κ3) is 5.23. The van der Waals surface area contributed by atoms with E-state index in [-0.39, 0.29) is 17.9 Å². The normalized spacial score (nSPS) is 16.0. The summed E-state index contributed by atoms with van der Waals surface area (Å²) >= 11 is 6.04. The molecule has 1 N–H and O–H groups in total. The highest BCUT2D eigenvalue weighted by Crippen LogP contribution is 2.19. The topological polar surface area (TPSA) is 49.4 Å². The van der Waals surface area contributed by atoms with Crippen LogP contribution in [-0.2, 0) is 16.1 Å². The van der Waals surface area contributed by atoms with Crippen molar-refractivity contribution in [3.05, 3.63) is 34.9 Å². The summed E-state index contributed by atoms with van der Waals surface area (Å²) in [6, 6.07) is 7.22.